The first-order valence-electron chi connectivity index (χ1n) is 8.20. The van der Waals surface area contributed by atoms with Gasteiger partial charge in [0.05, 0.1) is 11.4 Å². The standard InChI is InChI=1S/C18H11F7N2O3S/c1-31(28,29)15-11(19)6-9(7-12(15)20)14-13(26-17(27-14)16(21)22)8-3-2-4-10(5-8)30-18(23,24)25/h2-7,16H,1H3,(H,26,27). The number of alkyl halides is 5. The van der Waals surface area contributed by atoms with E-state index in [9.17, 15) is 39.2 Å². The van der Waals surface area contributed by atoms with E-state index in [0.29, 0.717) is 18.4 Å². The molecule has 2 aromatic carbocycles. The third-order valence-electron chi connectivity index (χ3n) is 3.93. The highest BCUT2D eigenvalue weighted by Crippen LogP contribution is 2.36. The summed E-state index contributed by atoms with van der Waals surface area (Å²) in [4.78, 5) is 4.57. The maximum absolute atomic E-state index is 14.3. The average Bonchev–Trinajstić information content (AvgIpc) is 3.04. The van der Waals surface area contributed by atoms with Gasteiger partial charge in [-0.25, -0.2) is 31.0 Å². The second-order valence-corrected chi connectivity index (χ2v) is 8.22. The number of H-pyrrole nitrogens is 1. The molecule has 31 heavy (non-hydrogen) atoms. The molecular formula is C18H11F7N2O3S. The van der Waals surface area contributed by atoms with Crippen molar-refractivity contribution in [3.8, 4) is 28.3 Å². The van der Waals surface area contributed by atoms with Crippen LogP contribution in [0.15, 0.2) is 41.3 Å². The van der Waals surface area contributed by atoms with E-state index in [0.717, 1.165) is 18.2 Å². The molecule has 1 N–H and O–H groups in total. The van der Waals surface area contributed by atoms with E-state index in [4.69, 9.17) is 0 Å². The third-order valence-corrected chi connectivity index (χ3v) is 5.06. The number of imidazole rings is 1. The van der Waals surface area contributed by atoms with Crippen LogP contribution in [0.5, 0.6) is 5.75 Å². The lowest BCUT2D eigenvalue weighted by atomic mass is 10.0. The molecule has 0 saturated carbocycles. The van der Waals surface area contributed by atoms with Crippen LogP contribution in [0.1, 0.15) is 12.2 Å². The summed E-state index contributed by atoms with van der Waals surface area (Å²) in [5, 5.41) is 0. The number of ether oxygens (including phenoxy) is 1. The molecule has 0 atom stereocenters. The molecule has 0 bridgehead atoms. The Kier molecular flexibility index (Phi) is 5.74. The Labute approximate surface area is 170 Å². The normalized spacial score (nSPS) is 12.4. The number of sulfone groups is 1. The summed E-state index contributed by atoms with van der Waals surface area (Å²) in [5.74, 6) is -4.56. The van der Waals surface area contributed by atoms with E-state index in [1.807, 2.05) is 0 Å². The fourth-order valence-corrected chi connectivity index (χ4v) is 3.64. The number of hydrogen-bond donors (Lipinski definition) is 1. The molecule has 13 heteroatoms. The number of aromatic nitrogens is 2. The number of rotatable bonds is 5. The van der Waals surface area contributed by atoms with Crippen LogP contribution in [0, 0.1) is 11.6 Å². The zero-order chi connectivity index (χ0) is 23.1. The Balaban J connectivity index is 2.19. The molecule has 0 radical (unpaired) electrons. The lowest BCUT2D eigenvalue weighted by Crippen LogP contribution is -2.17. The lowest BCUT2D eigenvalue weighted by molar-refractivity contribution is -0.274. The van der Waals surface area contributed by atoms with E-state index in [2.05, 4.69) is 14.7 Å². The van der Waals surface area contributed by atoms with Crippen molar-refractivity contribution in [3.63, 3.8) is 0 Å². The Morgan fingerprint density at radius 1 is 1.03 bits per heavy atom. The van der Waals surface area contributed by atoms with Crippen molar-refractivity contribution in [2.45, 2.75) is 17.7 Å². The second-order valence-electron chi connectivity index (χ2n) is 6.26. The summed E-state index contributed by atoms with van der Waals surface area (Å²) in [5.41, 5.74) is -1.24. The highest BCUT2D eigenvalue weighted by Gasteiger charge is 2.31. The third kappa shape index (κ3) is 4.98. The maximum Gasteiger partial charge on any atom is 0.573 e. The SMILES string of the molecule is CS(=O)(=O)c1c(F)cc(-c2nc(C(F)F)[nH]c2-c2cccc(OC(F)(F)F)c2)cc1F. The zero-order valence-electron chi connectivity index (χ0n) is 15.3. The van der Waals surface area contributed by atoms with Crippen molar-refractivity contribution in [2.24, 2.45) is 0 Å². The highest BCUT2D eigenvalue weighted by atomic mass is 32.2. The predicted molar refractivity (Wildman–Crippen MR) is 94.1 cm³/mol. The molecule has 3 aromatic rings. The number of aromatic amines is 1. The van der Waals surface area contributed by atoms with E-state index in [-0.39, 0.29) is 11.3 Å². The topological polar surface area (TPSA) is 72.0 Å². The van der Waals surface area contributed by atoms with Crippen LogP contribution in [0.25, 0.3) is 22.5 Å². The zero-order valence-corrected chi connectivity index (χ0v) is 16.1. The minimum atomic E-state index is -5.02. The molecule has 0 aliphatic heterocycles. The summed E-state index contributed by atoms with van der Waals surface area (Å²) in [6.45, 7) is 0. The predicted octanol–water partition coefficient (Wildman–Crippen LogP) is 5.26. The minimum absolute atomic E-state index is 0.107. The molecule has 0 amide bonds. The Bertz CT molecular complexity index is 1210. The van der Waals surface area contributed by atoms with Crippen LogP contribution in [-0.4, -0.2) is 31.0 Å². The number of nitrogens with one attached hydrogen (secondary N) is 1. The molecule has 0 saturated heterocycles. The molecule has 1 aromatic heterocycles. The summed E-state index contributed by atoms with van der Waals surface area (Å²) < 4.78 is 119. The smallest absolute Gasteiger partial charge is 0.406 e. The van der Waals surface area contributed by atoms with Gasteiger partial charge in [0.25, 0.3) is 6.43 Å². The Morgan fingerprint density at radius 2 is 1.65 bits per heavy atom. The number of nitrogens with zero attached hydrogens (tertiary/aromatic N) is 1. The number of halogens is 7. The molecule has 0 aliphatic rings. The maximum atomic E-state index is 14.3. The molecule has 3 rings (SSSR count). The van der Waals surface area contributed by atoms with E-state index >= 15 is 0 Å². The van der Waals surface area contributed by atoms with Gasteiger partial charge in [-0.15, -0.1) is 13.2 Å². The molecule has 0 unspecified atom stereocenters. The molecule has 0 fully saturated rings. The van der Waals surface area contributed by atoms with Crippen LogP contribution < -0.4 is 4.74 Å². The van der Waals surface area contributed by atoms with E-state index in [1.165, 1.54) is 6.07 Å². The molecule has 0 aliphatic carbocycles. The van der Waals surface area contributed by atoms with Gasteiger partial charge < -0.3 is 9.72 Å². The van der Waals surface area contributed by atoms with Gasteiger partial charge >= 0.3 is 6.36 Å². The van der Waals surface area contributed by atoms with Gasteiger partial charge in [0.15, 0.2) is 15.7 Å². The van der Waals surface area contributed by atoms with Crippen molar-refractivity contribution in [1.29, 1.82) is 0 Å². The molecule has 1 heterocycles. The second kappa shape index (κ2) is 7.87. The largest absolute Gasteiger partial charge is 0.573 e. The van der Waals surface area contributed by atoms with Gasteiger partial charge in [-0.2, -0.15) is 0 Å². The van der Waals surface area contributed by atoms with Gasteiger partial charge in [-0.05, 0) is 24.3 Å². The summed E-state index contributed by atoms with van der Waals surface area (Å²) in [6.07, 6.45) is -7.58. The van der Waals surface area contributed by atoms with Crippen molar-refractivity contribution >= 4 is 9.84 Å². The molecule has 166 valence electrons. The fourth-order valence-electron chi connectivity index (χ4n) is 2.81. The summed E-state index contributed by atoms with van der Waals surface area (Å²) in [6, 6.07) is 5.33. The number of benzene rings is 2. The highest BCUT2D eigenvalue weighted by molar-refractivity contribution is 7.90. The average molecular weight is 468 g/mol. The van der Waals surface area contributed by atoms with Crippen molar-refractivity contribution in [1.82, 2.24) is 9.97 Å². The quantitative estimate of drug-likeness (QED) is 0.519. The monoisotopic (exact) mass is 468 g/mol. The van der Waals surface area contributed by atoms with Crippen LogP contribution in [-0.2, 0) is 9.84 Å². The van der Waals surface area contributed by atoms with Gasteiger partial charge in [0.2, 0.25) is 0 Å². The van der Waals surface area contributed by atoms with Crippen LogP contribution in [0.2, 0.25) is 0 Å². The lowest BCUT2D eigenvalue weighted by Gasteiger charge is -2.11. The van der Waals surface area contributed by atoms with Crippen LogP contribution in [0.4, 0.5) is 30.7 Å². The van der Waals surface area contributed by atoms with Gasteiger partial charge in [0.1, 0.15) is 22.3 Å². The van der Waals surface area contributed by atoms with Crippen LogP contribution in [0.3, 0.4) is 0 Å². The van der Waals surface area contributed by atoms with Crippen molar-refractivity contribution in [3.05, 3.63) is 53.9 Å². The first-order chi connectivity index (χ1) is 14.3. The molecule has 0 spiro atoms. The first-order valence-corrected chi connectivity index (χ1v) is 10.1. The minimum Gasteiger partial charge on any atom is -0.406 e. The Hall–Kier alpha value is -3.09. The number of hydrogen-bond acceptors (Lipinski definition) is 4. The fraction of sp³-hybridized carbons (Fsp3) is 0.167. The Morgan fingerprint density at radius 3 is 2.16 bits per heavy atom. The van der Waals surface area contributed by atoms with E-state index < -0.39 is 62.0 Å². The molecule has 5 nitrogen and oxygen atoms in total. The van der Waals surface area contributed by atoms with Gasteiger partial charge in [-0.3, -0.25) is 0 Å². The summed E-state index contributed by atoms with van der Waals surface area (Å²) in [7, 11) is -4.28. The van der Waals surface area contributed by atoms with E-state index in [1.54, 1.807) is 0 Å². The van der Waals surface area contributed by atoms with Crippen molar-refractivity contribution in [2.75, 3.05) is 6.26 Å². The molecular weight excluding hydrogens is 457 g/mol. The van der Waals surface area contributed by atoms with Crippen LogP contribution >= 0.6 is 0 Å². The van der Waals surface area contributed by atoms with Gasteiger partial charge in [-0.1, -0.05) is 12.1 Å². The van der Waals surface area contributed by atoms with Crippen molar-refractivity contribution < 1.29 is 43.9 Å². The summed E-state index contributed by atoms with van der Waals surface area (Å²) >= 11 is 0. The first kappa shape index (κ1) is 22.6. The van der Waals surface area contributed by atoms with Gasteiger partial charge in [0, 0.05) is 17.4 Å².